The van der Waals surface area contributed by atoms with Crippen LogP contribution in [-0.4, -0.2) is 32.4 Å². The van der Waals surface area contributed by atoms with Gasteiger partial charge in [-0.15, -0.1) is 0 Å². The van der Waals surface area contributed by atoms with E-state index in [-0.39, 0.29) is 30.1 Å². The number of fused-ring (bicyclic) bond motifs is 1. The molecule has 0 aliphatic carbocycles. The minimum absolute atomic E-state index is 0.00347. The van der Waals surface area contributed by atoms with Crippen molar-refractivity contribution >= 4 is 16.9 Å². The van der Waals surface area contributed by atoms with Crippen molar-refractivity contribution in [1.82, 2.24) is 14.5 Å². The summed E-state index contributed by atoms with van der Waals surface area (Å²) in [6.07, 6.45) is 1.58. The third kappa shape index (κ3) is 3.67. The van der Waals surface area contributed by atoms with Gasteiger partial charge in [-0.1, -0.05) is 18.2 Å². The number of carbonyl (C=O) groups excluding carboxylic acids is 1. The van der Waals surface area contributed by atoms with Crippen LogP contribution in [0.15, 0.2) is 53.5 Å². The van der Waals surface area contributed by atoms with E-state index in [1.807, 2.05) is 27.7 Å². The maximum absolute atomic E-state index is 14.2. The van der Waals surface area contributed by atoms with Gasteiger partial charge in [0.05, 0.1) is 6.54 Å². The first-order valence-electron chi connectivity index (χ1n) is 9.36. The molecule has 0 aliphatic rings. The van der Waals surface area contributed by atoms with Crippen molar-refractivity contribution in [3.8, 4) is 0 Å². The summed E-state index contributed by atoms with van der Waals surface area (Å²) >= 11 is 0. The fourth-order valence-electron chi connectivity index (χ4n) is 3.51. The molecule has 1 aromatic carbocycles. The second-order valence-electron chi connectivity index (χ2n) is 7.36. The molecular formula is C22H24FN3O2. The van der Waals surface area contributed by atoms with Gasteiger partial charge in [-0.25, -0.2) is 9.37 Å². The Morgan fingerprint density at radius 3 is 2.43 bits per heavy atom. The number of pyridine rings is 2. The molecule has 0 saturated heterocycles. The van der Waals surface area contributed by atoms with E-state index in [2.05, 4.69) is 4.98 Å². The lowest BCUT2D eigenvalue weighted by Crippen LogP contribution is -2.44. The van der Waals surface area contributed by atoms with Gasteiger partial charge in [0.2, 0.25) is 0 Å². The van der Waals surface area contributed by atoms with E-state index < -0.39 is 11.4 Å². The van der Waals surface area contributed by atoms with Crippen molar-refractivity contribution in [3.63, 3.8) is 0 Å². The molecule has 1 amide bonds. The maximum atomic E-state index is 14.2. The number of hydrogen-bond donors (Lipinski definition) is 0. The highest BCUT2D eigenvalue weighted by Crippen LogP contribution is 2.17. The summed E-state index contributed by atoms with van der Waals surface area (Å²) in [4.78, 5) is 32.4. The zero-order chi connectivity index (χ0) is 20.4. The van der Waals surface area contributed by atoms with E-state index in [0.717, 1.165) is 0 Å². The monoisotopic (exact) mass is 381 g/mol. The molecule has 0 fully saturated rings. The largest absolute Gasteiger partial charge is 0.334 e. The van der Waals surface area contributed by atoms with Crippen LogP contribution < -0.4 is 5.56 Å². The van der Waals surface area contributed by atoms with Gasteiger partial charge >= 0.3 is 0 Å². The van der Waals surface area contributed by atoms with Crippen molar-refractivity contribution in [3.05, 3.63) is 76.0 Å². The molecule has 2 heterocycles. The number of benzene rings is 1. The van der Waals surface area contributed by atoms with Crippen LogP contribution in [0.4, 0.5) is 4.39 Å². The molecule has 6 heteroatoms. The third-order valence-electron chi connectivity index (χ3n) is 4.71. The Balaban J connectivity index is 2.21. The van der Waals surface area contributed by atoms with Gasteiger partial charge in [0.15, 0.2) is 0 Å². The van der Waals surface area contributed by atoms with Gasteiger partial charge in [-0.2, -0.15) is 0 Å². The van der Waals surface area contributed by atoms with Gasteiger partial charge in [0, 0.05) is 29.2 Å². The highest BCUT2D eigenvalue weighted by atomic mass is 19.1. The average Bonchev–Trinajstić information content (AvgIpc) is 2.64. The molecule has 0 aliphatic heterocycles. The fourth-order valence-corrected chi connectivity index (χ4v) is 3.51. The Morgan fingerprint density at radius 2 is 1.79 bits per heavy atom. The molecule has 146 valence electrons. The fraction of sp³-hybridized carbons (Fsp3) is 0.318. The Kier molecular flexibility index (Phi) is 5.58. The predicted octanol–water partition coefficient (Wildman–Crippen LogP) is 3.84. The molecule has 0 spiro atoms. The summed E-state index contributed by atoms with van der Waals surface area (Å²) in [7, 11) is 0. The first kappa shape index (κ1) is 19.7. The molecular weight excluding hydrogens is 357 g/mol. The highest BCUT2D eigenvalue weighted by Gasteiger charge is 2.25. The second-order valence-corrected chi connectivity index (χ2v) is 7.36. The van der Waals surface area contributed by atoms with E-state index in [1.165, 1.54) is 10.6 Å². The van der Waals surface area contributed by atoms with Gasteiger partial charge in [0.1, 0.15) is 17.0 Å². The summed E-state index contributed by atoms with van der Waals surface area (Å²) in [6, 6.07) is 11.3. The Bertz CT molecular complexity index is 1060. The number of carbonyl (C=O) groups is 1. The van der Waals surface area contributed by atoms with Crippen molar-refractivity contribution < 1.29 is 9.18 Å². The Morgan fingerprint density at radius 1 is 1.11 bits per heavy atom. The topological polar surface area (TPSA) is 55.2 Å². The number of hydrogen-bond acceptors (Lipinski definition) is 3. The van der Waals surface area contributed by atoms with Crippen molar-refractivity contribution in [2.45, 2.75) is 46.3 Å². The van der Waals surface area contributed by atoms with Gasteiger partial charge in [0.25, 0.3) is 11.5 Å². The summed E-state index contributed by atoms with van der Waals surface area (Å²) < 4.78 is 15.6. The Labute approximate surface area is 163 Å². The normalized spacial score (nSPS) is 11.4. The van der Waals surface area contributed by atoms with Crippen LogP contribution >= 0.6 is 0 Å². The smallest absolute Gasteiger partial charge is 0.265 e. The molecule has 0 N–H and O–H groups in total. The zero-order valence-electron chi connectivity index (χ0n) is 16.5. The summed E-state index contributed by atoms with van der Waals surface area (Å²) in [5, 5.41) is 0.661. The molecule has 0 saturated carbocycles. The van der Waals surface area contributed by atoms with Crippen molar-refractivity contribution in [2.24, 2.45) is 0 Å². The third-order valence-corrected chi connectivity index (χ3v) is 4.71. The van der Waals surface area contributed by atoms with Gasteiger partial charge < -0.3 is 4.90 Å². The molecule has 0 bridgehead atoms. The average molecular weight is 381 g/mol. The molecule has 3 rings (SSSR count). The van der Waals surface area contributed by atoms with Gasteiger partial charge in [-0.05, 0) is 52.0 Å². The molecule has 0 unspecified atom stereocenters. The van der Waals surface area contributed by atoms with Crippen LogP contribution in [0.3, 0.4) is 0 Å². The SMILES string of the molecule is CC(C)N(C(=O)c1cc2cccnc2n(Cc2ccccc2F)c1=O)C(C)C. The molecule has 5 nitrogen and oxygen atoms in total. The van der Waals surface area contributed by atoms with E-state index in [4.69, 9.17) is 0 Å². The van der Waals surface area contributed by atoms with Crippen LogP contribution in [0.2, 0.25) is 0 Å². The lowest BCUT2D eigenvalue weighted by Gasteiger charge is -2.30. The lowest BCUT2D eigenvalue weighted by atomic mass is 10.1. The van der Waals surface area contributed by atoms with Crippen LogP contribution in [0.5, 0.6) is 0 Å². The van der Waals surface area contributed by atoms with E-state index >= 15 is 0 Å². The number of aromatic nitrogens is 2. The van der Waals surface area contributed by atoms with Gasteiger partial charge in [-0.3, -0.25) is 14.2 Å². The molecule has 0 radical (unpaired) electrons. The zero-order valence-corrected chi connectivity index (χ0v) is 16.5. The molecule has 3 aromatic rings. The quantitative estimate of drug-likeness (QED) is 0.675. The summed E-state index contributed by atoms with van der Waals surface area (Å²) in [6.45, 7) is 7.66. The van der Waals surface area contributed by atoms with E-state index in [9.17, 15) is 14.0 Å². The minimum Gasteiger partial charge on any atom is -0.334 e. The van der Waals surface area contributed by atoms with Crippen LogP contribution in [0.1, 0.15) is 43.6 Å². The molecule has 0 atom stereocenters. The van der Waals surface area contributed by atoms with Crippen LogP contribution in [0, 0.1) is 5.82 Å². The van der Waals surface area contributed by atoms with E-state index in [1.54, 1.807) is 47.5 Å². The molecule has 2 aromatic heterocycles. The van der Waals surface area contributed by atoms with Crippen LogP contribution in [-0.2, 0) is 6.54 Å². The lowest BCUT2D eigenvalue weighted by molar-refractivity contribution is 0.0641. The first-order chi connectivity index (χ1) is 13.3. The number of rotatable bonds is 5. The Hall–Kier alpha value is -3.02. The standard InChI is InChI=1S/C22H24FN3O2/c1-14(2)26(15(3)4)22(28)18-12-16-9-7-11-24-20(16)25(21(18)27)13-17-8-5-6-10-19(17)23/h5-12,14-15H,13H2,1-4H3. The summed E-state index contributed by atoms with van der Waals surface area (Å²) in [5.74, 6) is -0.732. The highest BCUT2D eigenvalue weighted by molar-refractivity contribution is 5.97. The van der Waals surface area contributed by atoms with Crippen molar-refractivity contribution in [2.75, 3.05) is 0 Å². The summed E-state index contributed by atoms with van der Waals surface area (Å²) in [5.41, 5.74) is 0.392. The van der Waals surface area contributed by atoms with Crippen molar-refractivity contribution in [1.29, 1.82) is 0 Å². The maximum Gasteiger partial charge on any atom is 0.265 e. The number of amides is 1. The minimum atomic E-state index is -0.467. The van der Waals surface area contributed by atoms with Crippen LogP contribution in [0.25, 0.3) is 11.0 Å². The van der Waals surface area contributed by atoms with E-state index in [0.29, 0.717) is 16.6 Å². The number of nitrogens with zero attached hydrogens (tertiary/aromatic N) is 3. The molecule has 28 heavy (non-hydrogen) atoms. The number of halogens is 1. The predicted molar refractivity (Wildman–Crippen MR) is 108 cm³/mol. The first-order valence-corrected chi connectivity index (χ1v) is 9.36. The second kappa shape index (κ2) is 7.92.